The SMILES string of the molecule is CC(C)(C)OC(=O)Nc1ccc(N2CCN(C3COC3)CC2)cc1. The smallest absolute Gasteiger partial charge is 0.412 e. The van der Waals surface area contributed by atoms with Crippen molar-refractivity contribution in [1.29, 1.82) is 0 Å². The quantitative estimate of drug-likeness (QED) is 0.921. The fraction of sp³-hybridized carbons (Fsp3) is 0.611. The molecule has 0 bridgehead atoms. The first-order chi connectivity index (χ1) is 11.4. The molecule has 2 fully saturated rings. The Morgan fingerprint density at radius 3 is 2.25 bits per heavy atom. The van der Waals surface area contributed by atoms with Gasteiger partial charge in [0.1, 0.15) is 5.60 Å². The van der Waals surface area contributed by atoms with E-state index < -0.39 is 11.7 Å². The van der Waals surface area contributed by atoms with Crippen LogP contribution >= 0.6 is 0 Å². The van der Waals surface area contributed by atoms with E-state index in [9.17, 15) is 4.79 Å². The highest BCUT2D eigenvalue weighted by Crippen LogP contribution is 2.21. The van der Waals surface area contributed by atoms with Gasteiger partial charge in [0.15, 0.2) is 0 Å². The van der Waals surface area contributed by atoms with Crippen molar-refractivity contribution < 1.29 is 14.3 Å². The van der Waals surface area contributed by atoms with E-state index in [0.29, 0.717) is 6.04 Å². The van der Waals surface area contributed by atoms with E-state index in [1.165, 1.54) is 5.69 Å². The van der Waals surface area contributed by atoms with Crippen molar-refractivity contribution >= 4 is 17.5 Å². The number of anilines is 2. The normalized spacial score (nSPS) is 19.7. The van der Waals surface area contributed by atoms with Crippen LogP contribution in [0.4, 0.5) is 16.2 Å². The third-order valence-electron chi connectivity index (χ3n) is 4.33. The van der Waals surface area contributed by atoms with Crippen molar-refractivity contribution in [3.8, 4) is 0 Å². The molecule has 0 aromatic heterocycles. The van der Waals surface area contributed by atoms with Gasteiger partial charge >= 0.3 is 6.09 Å². The van der Waals surface area contributed by atoms with Gasteiger partial charge in [-0.1, -0.05) is 0 Å². The average molecular weight is 333 g/mol. The summed E-state index contributed by atoms with van der Waals surface area (Å²) in [4.78, 5) is 16.7. The van der Waals surface area contributed by atoms with E-state index in [0.717, 1.165) is 45.1 Å². The van der Waals surface area contributed by atoms with Crippen molar-refractivity contribution in [2.45, 2.75) is 32.4 Å². The number of carbonyl (C=O) groups is 1. The van der Waals surface area contributed by atoms with Crippen molar-refractivity contribution in [3.05, 3.63) is 24.3 Å². The van der Waals surface area contributed by atoms with Crippen LogP contribution in [0.25, 0.3) is 0 Å². The summed E-state index contributed by atoms with van der Waals surface area (Å²) < 4.78 is 10.5. The van der Waals surface area contributed by atoms with Gasteiger partial charge in [-0.15, -0.1) is 0 Å². The fourth-order valence-corrected chi connectivity index (χ4v) is 2.96. The Bertz CT molecular complexity index is 556. The van der Waals surface area contributed by atoms with Crippen LogP contribution in [0, 0.1) is 0 Å². The van der Waals surface area contributed by atoms with Crippen LogP contribution in [0.5, 0.6) is 0 Å². The molecule has 0 unspecified atom stereocenters. The van der Waals surface area contributed by atoms with Crippen LogP contribution in [-0.2, 0) is 9.47 Å². The van der Waals surface area contributed by atoms with Crippen LogP contribution in [-0.4, -0.2) is 62.0 Å². The number of hydrogen-bond donors (Lipinski definition) is 1. The lowest BCUT2D eigenvalue weighted by Gasteiger charge is -2.43. The second-order valence-electron chi connectivity index (χ2n) is 7.39. The molecular formula is C18H27N3O3. The number of nitrogens with zero attached hydrogens (tertiary/aromatic N) is 2. The Labute approximate surface area is 143 Å². The van der Waals surface area contributed by atoms with Gasteiger partial charge in [-0.25, -0.2) is 4.79 Å². The number of piperazine rings is 1. The lowest BCUT2D eigenvalue weighted by molar-refractivity contribution is -0.0660. The molecule has 2 saturated heterocycles. The minimum absolute atomic E-state index is 0.424. The third-order valence-corrected chi connectivity index (χ3v) is 4.33. The summed E-state index contributed by atoms with van der Waals surface area (Å²) in [5.41, 5.74) is 1.45. The Kier molecular flexibility index (Phi) is 4.96. The molecular weight excluding hydrogens is 306 g/mol. The molecule has 24 heavy (non-hydrogen) atoms. The van der Waals surface area contributed by atoms with E-state index >= 15 is 0 Å². The zero-order valence-electron chi connectivity index (χ0n) is 14.7. The first kappa shape index (κ1) is 17.0. The summed E-state index contributed by atoms with van der Waals surface area (Å²) in [6.07, 6.45) is -0.424. The third kappa shape index (κ3) is 4.39. The predicted molar refractivity (Wildman–Crippen MR) is 94.7 cm³/mol. The van der Waals surface area contributed by atoms with Gasteiger partial charge in [-0.2, -0.15) is 0 Å². The summed E-state index contributed by atoms with van der Waals surface area (Å²) in [5.74, 6) is 0. The van der Waals surface area contributed by atoms with Crippen molar-refractivity contribution in [3.63, 3.8) is 0 Å². The molecule has 2 heterocycles. The van der Waals surface area contributed by atoms with Gasteiger partial charge in [0.05, 0.1) is 19.3 Å². The minimum Gasteiger partial charge on any atom is -0.444 e. The summed E-state index contributed by atoms with van der Waals surface area (Å²) in [7, 11) is 0. The molecule has 1 aromatic rings. The monoisotopic (exact) mass is 333 g/mol. The van der Waals surface area contributed by atoms with Gasteiger partial charge in [0.2, 0.25) is 0 Å². The molecule has 6 nitrogen and oxygen atoms in total. The zero-order chi connectivity index (χ0) is 17.2. The topological polar surface area (TPSA) is 54.0 Å². The van der Waals surface area contributed by atoms with Crippen molar-refractivity contribution in [1.82, 2.24) is 4.90 Å². The summed E-state index contributed by atoms with van der Waals surface area (Å²) in [6.45, 7) is 11.5. The van der Waals surface area contributed by atoms with Crippen LogP contribution in [0.15, 0.2) is 24.3 Å². The number of hydrogen-bond acceptors (Lipinski definition) is 5. The number of rotatable bonds is 3. The van der Waals surface area contributed by atoms with Crippen molar-refractivity contribution in [2.24, 2.45) is 0 Å². The molecule has 132 valence electrons. The molecule has 0 radical (unpaired) electrons. The van der Waals surface area contributed by atoms with Crippen LogP contribution in [0.1, 0.15) is 20.8 Å². The van der Waals surface area contributed by atoms with E-state index in [2.05, 4.69) is 27.2 Å². The largest absolute Gasteiger partial charge is 0.444 e. The molecule has 2 aliphatic rings. The molecule has 3 rings (SSSR count). The number of nitrogens with one attached hydrogen (secondary N) is 1. The fourth-order valence-electron chi connectivity index (χ4n) is 2.96. The molecule has 1 aromatic carbocycles. The van der Waals surface area contributed by atoms with E-state index in [1.807, 2.05) is 32.9 Å². The summed E-state index contributed by atoms with van der Waals surface area (Å²) in [6, 6.07) is 8.56. The average Bonchev–Trinajstić information content (AvgIpc) is 2.45. The highest BCUT2D eigenvalue weighted by Gasteiger charge is 2.28. The summed E-state index contributed by atoms with van der Waals surface area (Å²) in [5, 5.41) is 2.76. The second-order valence-corrected chi connectivity index (χ2v) is 7.39. The lowest BCUT2D eigenvalue weighted by Crippen LogP contribution is -2.56. The molecule has 0 aliphatic carbocycles. The van der Waals surface area contributed by atoms with Crippen molar-refractivity contribution in [2.75, 3.05) is 49.6 Å². The van der Waals surface area contributed by atoms with Crippen LogP contribution < -0.4 is 10.2 Å². The highest BCUT2D eigenvalue weighted by molar-refractivity contribution is 5.85. The molecule has 1 N–H and O–H groups in total. The van der Waals surface area contributed by atoms with E-state index in [4.69, 9.17) is 9.47 Å². The van der Waals surface area contributed by atoms with Crippen LogP contribution in [0.2, 0.25) is 0 Å². The minimum atomic E-state index is -0.491. The van der Waals surface area contributed by atoms with E-state index in [1.54, 1.807) is 0 Å². The van der Waals surface area contributed by atoms with Gasteiger partial charge in [0, 0.05) is 37.6 Å². The second kappa shape index (κ2) is 6.99. The molecule has 6 heteroatoms. The zero-order valence-corrected chi connectivity index (χ0v) is 14.7. The number of amides is 1. The van der Waals surface area contributed by atoms with Crippen LogP contribution in [0.3, 0.4) is 0 Å². The maximum absolute atomic E-state index is 11.8. The van der Waals surface area contributed by atoms with E-state index in [-0.39, 0.29) is 0 Å². The summed E-state index contributed by atoms with van der Waals surface area (Å²) >= 11 is 0. The maximum Gasteiger partial charge on any atom is 0.412 e. The Morgan fingerprint density at radius 2 is 1.75 bits per heavy atom. The first-order valence-corrected chi connectivity index (χ1v) is 8.57. The number of carbonyl (C=O) groups excluding carboxylic acids is 1. The molecule has 0 spiro atoms. The molecule has 2 aliphatic heterocycles. The Morgan fingerprint density at radius 1 is 1.12 bits per heavy atom. The highest BCUT2D eigenvalue weighted by atomic mass is 16.6. The van der Waals surface area contributed by atoms with Gasteiger partial charge in [-0.3, -0.25) is 10.2 Å². The Hall–Kier alpha value is -1.79. The first-order valence-electron chi connectivity index (χ1n) is 8.57. The maximum atomic E-state index is 11.8. The lowest BCUT2D eigenvalue weighted by atomic mass is 10.1. The molecule has 0 saturated carbocycles. The van der Waals surface area contributed by atoms with Gasteiger partial charge in [-0.05, 0) is 45.0 Å². The van der Waals surface area contributed by atoms with Gasteiger partial charge in [0.25, 0.3) is 0 Å². The molecule has 1 amide bonds. The standard InChI is InChI=1S/C18H27N3O3/c1-18(2,3)24-17(22)19-14-4-6-15(7-5-14)20-8-10-21(11-9-20)16-12-23-13-16/h4-7,16H,8-13H2,1-3H3,(H,19,22). The number of benzene rings is 1. The Balaban J connectivity index is 1.50. The predicted octanol–water partition coefficient (Wildman–Crippen LogP) is 2.55. The van der Waals surface area contributed by atoms with Gasteiger partial charge < -0.3 is 14.4 Å². The molecule has 0 atom stereocenters. The number of ether oxygens (including phenoxy) is 2.